The maximum Gasteiger partial charge on any atom is 0.154 e. The Morgan fingerprint density at radius 1 is 0.970 bits per heavy atom. The van der Waals surface area contributed by atoms with Gasteiger partial charge in [0.1, 0.15) is 5.82 Å². The van der Waals surface area contributed by atoms with E-state index in [1.54, 1.807) is 31.9 Å². The molecule has 0 unspecified atom stereocenters. The lowest BCUT2D eigenvalue weighted by molar-refractivity contribution is 0.843. The predicted molar refractivity (Wildman–Crippen MR) is 133 cm³/mol. The van der Waals surface area contributed by atoms with Gasteiger partial charge in [0, 0.05) is 53.7 Å². The summed E-state index contributed by atoms with van der Waals surface area (Å²) < 4.78 is 0. The van der Waals surface area contributed by atoms with Gasteiger partial charge in [-0.05, 0) is 54.8 Å². The second-order valence-electron chi connectivity index (χ2n) is 8.02. The number of rotatable bonds is 6. The van der Waals surface area contributed by atoms with E-state index in [1.807, 2.05) is 43.3 Å². The van der Waals surface area contributed by atoms with Crippen LogP contribution < -0.4 is 11.1 Å². The van der Waals surface area contributed by atoms with E-state index in [1.165, 1.54) is 0 Å². The maximum atomic E-state index is 6.49. The molecule has 0 saturated heterocycles. The number of nitrogens with zero attached hydrogens (tertiary/aromatic N) is 6. The van der Waals surface area contributed by atoms with Gasteiger partial charge in [0.2, 0.25) is 0 Å². The molecule has 0 spiro atoms. The van der Waals surface area contributed by atoms with Crippen LogP contribution in [0.15, 0.2) is 60.0 Å². The second kappa shape index (κ2) is 9.52. The molecule has 0 atom stereocenters. The third-order valence-electron chi connectivity index (χ3n) is 5.22. The molecule has 4 rings (SSSR count). The first-order valence-corrected chi connectivity index (χ1v) is 10.7. The molecular weight excluding hydrogens is 412 g/mol. The standard InChI is InChI=1S/C25H26N8/c1-15(2)18-10-24(33-30-13-18)32-23-8-7-21-22(31-23)9-19(12-29-21)20(14-27-4)25(26)17-6-5-16(3)28-11-17/h5-15H,26H2,1-4H3,(H,31,32,33). The molecule has 0 aliphatic rings. The summed E-state index contributed by atoms with van der Waals surface area (Å²) >= 11 is 0. The van der Waals surface area contributed by atoms with E-state index in [-0.39, 0.29) is 0 Å². The second-order valence-corrected chi connectivity index (χ2v) is 8.02. The van der Waals surface area contributed by atoms with Crippen LogP contribution in [0.2, 0.25) is 0 Å². The van der Waals surface area contributed by atoms with Crippen LogP contribution in [0.3, 0.4) is 0 Å². The number of nitrogens with two attached hydrogens (primary N) is 1. The van der Waals surface area contributed by atoms with Crippen LogP contribution >= 0.6 is 0 Å². The lowest BCUT2D eigenvalue weighted by Crippen LogP contribution is -2.04. The Morgan fingerprint density at radius 2 is 1.79 bits per heavy atom. The van der Waals surface area contributed by atoms with Crippen LogP contribution in [0.4, 0.5) is 11.6 Å². The van der Waals surface area contributed by atoms with E-state index in [4.69, 9.17) is 10.7 Å². The summed E-state index contributed by atoms with van der Waals surface area (Å²) in [6, 6.07) is 11.6. The van der Waals surface area contributed by atoms with Crippen molar-refractivity contribution in [2.24, 2.45) is 10.7 Å². The molecule has 0 bridgehead atoms. The molecule has 4 aromatic rings. The first-order valence-electron chi connectivity index (χ1n) is 10.7. The maximum absolute atomic E-state index is 6.49. The Kier molecular flexibility index (Phi) is 6.35. The summed E-state index contributed by atoms with van der Waals surface area (Å²) in [7, 11) is 1.71. The van der Waals surface area contributed by atoms with Gasteiger partial charge in [-0.15, -0.1) is 5.10 Å². The van der Waals surface area contributed by atoms with Gasteiger partial charge in [0.25, 0.3) is 0 Å². The van der Waals surface area contributed by atoms with Gasteiger partial charge in [-0.1, -0.05) is 13.8 Å². The molecule has 3 N–H and O–H groups in total. The molecule has 4 aromatic heterocycles. The minimum Gasteiger partial charge on any atom is -0.398 e. The monoisotopic (exact) mass is 438 g/mol. The Labute approximate surface area is 192 Å². The molecule has 0 saturated carbocycles. The molecule has 33 heavy (non-hydrogen) atoms. The molecule has 0 aliphatic carbocycles. The number of nitrogens with one attached hydrogen (secondary N) is 1. The largest absolute Gasteiger partial charge is 0.398 e. The lowest BCUT2D eigenvalue weighted by Gasteiger charge is -2.11. The number of anilines is 2. The number of hydrogen-bond donors (Lipinski definition) is 2. The molecule has 0 fully saturated rings. The number of hydrogen-bond acceptors (Lipinski definition) is 8. The Hall–Kier alpha value is -4.20. The molecule has 8 nitrogen and oxygen atoms in total. The topological polar surface area (TPSA) is 115 Å². The molecule has 0 amide bonds. The molecule has 4 heterocycles. The van der Waals surface area contributed by atoms with Crippen LogP contribution in [0, 0.1) is 6.92 Å². The number of allylic oxidation sites excluding steroid dienone is 1. The minimum atomic E-state index is 0.358. The highest BCUT2D eigenvalue weighted by Crippen LogP contribution is 2.25. The molecule has 0 radical (unpaired) electrons. The molecule has 8 heteroatoms. The summed E-state index contributed by atoms with van der Waals surface area (Å²) in [5.41, 5.74) is 13.0. The normalized spacial score (nSPS) is 12.4. The molecular formula is C25H26N8. The highest BCUT2D eigenvalue weighted by molar-refractivity contribution is 6.19. The van der Waals surface area contributed by atoms with E-state index >= 15 is 0 Å². The van der Waals surface area contributed by atoms with Crippen molar-refractivity contribution in [2.45, 2.75) is 26.7 Å². The lowest BCUT2D eigenvalue weighted by atomic mass is 10.0. The third-order valence-corrected chi connectivity index (χ3v) is 5.22. The number of pyridine rings is 3. The van der Waals surface area contributed by atoms with E-state index < -0.39 is 0 Å². The van der Waals surface area contributed by atoms with E-state index in [0.717, 1.165) is 39.0 Å². The number of aromatic nitrogens is 5. The first kappa shape index (κ1) is 22.0. The number of aliphatic imine (C=N–C) groups is 1. The van der Waals surface area contributed by atoms with Crippen molar-refractivity contribution in [1.29, 1.82) is 0 Å². The quantitative estimate of drug-likeness (QED) is 0.425. The summed E-state index contributed by atoms with van der Waals surface area (Å²) in [6.45, 7) is 6.17. The minimum absolute atomic E-state index is 0.358. The molecule has 0 aromatic carbocycles. The van der Waals surface area contributed by atoms with Crippen LogP contribution in [0.1, 0.15) is 42.1 Å². The van der Waals surface area contributed by atoms with Gasteiger partial charge in [-0.25, -0.2) is 4.98 Å². The molecule has 166 valence electrons. The van der Waals surface area contributed by atoms with Gasteiger partial charge in [-0.3, -0.25) is 15.0 Å². The highest BCUT2D eigenvalue weighted by Gasteiger charge is 2.11. The summed E-state index contributed by atoms with van der Waals surface area (Å²) in [5, 5.41) is 11.5. The fourth-order valence-electron chi connectivity index (χ4n) is 3.32. The smallest absolute Gasteiger partial charge is 0.154 e. The zero-order valence-corrected chi connectivity index (χ0v) is 19.1. The Bertz CT molecular complexity index is 1340. The van der Waals surface area contributed by atoms with Crippen LogP contribution in [0.25, 0.3) is 22.3 Å². The Balaban J connectivity index is 1.72. The van der Waals surface area contributed by atoms with Crippen molar-refractivity contribution in [3.63, 3.8) is 0 Å². The van der Waals surface area contributed by atoms with Crippen molar-refractivity contribution in [3.05, 3.63) is 77.4 Å². The summed E-state index contributed by atoms with van der Waals surface area (Å²) in [5.74, 6) is 1.66. The van der Waals surface area contributed by atoms with E-state index in [0.29, 0.717) is 23.3 Å². The first-order chi connectivity index (χ1) is 15.9. The molecule has 0 aliphatic heterocycles. The van der Waals surface area contributed by atoms with E-state index in [2.05, 4.69) is 44.3 Å². The third kappa shape index (κ3) is 5.01. The Morgan fingerprint density at radius 3 is 2.52 bits per heavy atom. The van der Waals surface area contributed by atoms with Crippen molar-refractivity contribution in [3.8, 4) is 0 Å². The van der Waals surface area contributed by atoms with Gasteiger partial charge >= 0.3 is 0 Å². The van der Waals surface area contributed by atoms with Gasteiger partial charge in [0.15, 0.2) is 5.82 Å². The van der Waals surface area contributed by atoms with Crippen molar-refractivity contribution >= 4 is 40.2 Å². The highest BCUT2D eigenvalue weighted by atomic mass is 15.2. The van der Waals surface area contributed by atoms with Crippen molar-refractivity contribution in [2.75, 3.05) is 12.4 Å². The van der Waals surface area contributed by atoms with Crippen LogP contribution in [-0.2, 0) is 0 Å². The summed E-state index contributed by atoms with van der Waals surface area (Å²) in [4.78, 5) is 17.8. The van der Waals surface area contributed by atoms with Gasteiger partial charge in [-0.2, -0.15) is 5.10 Å². The van der Waals surface area contributed by atoms with Gasteiger partial charge < -0.3 is 11.1 Å². The predicted octanol–water partition coefficient (Wildman–Crippen LogP) is 4.52. The summed E-state index contributed by atoms with van der Waals surface area (Å²) in [6.07, 6.45) is 7.04. The van der Waals surface area contributed by atoms with E-state index in [9.17, 15) is 0 Å². The van der Waals surface area contributed by atoms with Gasteiger partial charge in [0.05, 0.1) is 17.2 Å². The van der Waals surface area contributed by atoms with Crippen molar-refractivity contribution < 1.29 is 0 Å². The van der Waals surface area contributed by atoms with Crippen LogP contribution in [-0.4, -0.2) is 38.4 Å². The zero-order chi connectivity index (χ0) is 23.4. The average Bonchev–Trinajstić information content (AvgIpc) is 2.82. The number of aryl methyl sites for hydroxylation is 1. The fraction of sp³-hybridized carbons (Fsp3) is 0.200. The fourth-order valence-corrected chi connectivity index (χ4v) is 3.32. The van der Waals surface area contributed by atoms with Crippen molar-refractivity contribution in [1.82, 2.24) is 25.1 Å². The number of fused-ring (bicyclic) bond motifs is 1. The SMILES string of the molecule is CN=CC(=C(N)c1ccc(C)nc1)c1cnc2ccc(Nc3cc(C(C)C)cnn3)nc2c1. The van der Waals surface area contributed by atoms with Crippen LogP contribution in [0.5, 0.6) is 0 Å². The zero-order valence-electron chi connectivity index (χ0n) is 19.1. The average molecular weight is 439 g/mol.